The molecule has 0 amide bonds. The van der Waals surface area contributed by atoms with Gasteiger partial charge < -0.3 is 9.84 Å². The van der Waals surface area contributed by atoms with Gasteiger partial charge in [0.1, 0.15) is 5.75 Å². The van der Waals surface area contributed by atoms with Crippen molar-refractivity contribution < 1.29 is 9.84 Å². The third-order valence-electron chi connectivity index (χ3n) is 2.38. The Morgan fingerprint density at radius 1 is 1.18 bits per heavy atom. The summed E-state index contributed by atoms with van der Waals surface area (Å²) < 4.78 is 5.54. The van der Waals surface area contributed by atoms with Gasteiger partial charge in [-0.05, 0) is 24.1 Å². The highest BCUT2D eigenvalue weighted by Gasteiger charge is 2.01. The summed E-state index contributed by atoms with van der Waals surface area (Å²) >= 11 is 0. The molecule has 1 heterocycles. The summed E-state index contributed by atoms with van der Waals surface area (Å²) in [4.78, 5) is 8.03. The second-order valence-corrected chi connectivity index (χ2v) is 3.61. The number of benzene rings is 1. The van der Waals surface area contributed by atoms with Crippen molar-refractivity contribution in [1.29, 1.82) is 0 Å². The van der Waals surface area contributed by atoms with E-state index in [4.69, 9.17) is 9.84 Å². The molecular formula is C13H14N2O2. The molecule has 0 spiro atoms. The van der Waals surface area contributed by atoms with Crippen LogP contribution in [0.4, 0.5) is 0 Å². The lowest BCUT2D eigenvalue weighted by atomic mass is 10.2. The van der Waals surface area contributed by atoms with E-state index in [1.54, 1.807) is 0 Å². The van der Waals surface area contributed by atoms with Crippen LogP contribution in [0.2, 0.25) is 0 Å². The maximum atomic E-state index is 8.94. The van der Waals surface area contributed by atoms with Gasteiger partial charge in [-0.3, -0.25) is 4.98 Å². The molecule has 1 aromatic carbocycles. The van der Waals surface area contributed by atoms with Crippen molar-refractivity contribution in [1.82, 2.24) is 9.97 Å². The quantitative estimate of drug-likeness (QED) is 0.875. The van der Waals surface area contributed by atoms with E-state index in [9.17, 15) is 0 Å². The van der Waals surface area contributed by atoms with E-state index < -0.39 is 0 Å². The number of aliphatic hydroxyl groups is 1. The first-order valence-corrected chi connectivity index (χ1v) is 5.50. The molecule has 0 bridgehead atoms. The fourth-order valence-corrected chi connectivity index (χ4v) is 1.43. The second kappa shape index (κ2) is 5.41. The molecule has 0 radical (unpaired) electrons. The number of ether oxygens (including phenoxy) is 1. The number of aryl methyl sites for hydroxylation is 1. The summed E-state index contributed by atoms with van der Waals surface area (Å²) in [7, 11) is 0. The van der Waals surface area contributed by atoms with Crippen molar-refractivity contribution in [2.24, 2.45) is 0 Å². The van der Waals surface area contributed by atoms with E-state index in [2.05, 4.69) is 16.9 Å². The van der Waals surface area contributed by atoms with Gasteiger partial charge >= 0.3 is 0 Å². The number of aliphatic hydroxyl groups excluding tert-OH is 1. The molecule has 2 rings (SSSR count). The zero-order valence-electron chi connectivity index (χ0n) is 9.63. The minimum Gasteiger partial charge on any atom is -0.437 e. The van der Waals surface area contributed by atoms with Crippen LogP contribution in [-0.4, -0.2) is 15.1 Å². The molecule has 4 heteroatoms. The van der Waals surface area contributed by atoms with Gasteiger partial charge in [0, 0.05) is 0 Å². The highest BCUT2D eigenvalue weighted by molar-refractivity contribution is 5.30. The topological polar surface area (TPSA) is 55.2 Å². The third kappa shape index (κ3) is 3.01. The predicted octanol–water partition coefficient (Wildman–Crippen LogP) is 2.32. The van der Waals surface area contributed by atoms with Gasteiger partial charge in [-0.1, -0.05) is 19.1 Å². The summed E-state index contributed by atoms with van der Waals surface area (Å²) in [5, 5.41) is 8.94. The predicted molar refractivity (Wildman–Crippen MR) is 63.8 cm³/mol. The third-order valence-corrected chi connectivity index (χ3v) is 2.38. The zero-order valence-corrected chi connectivity index (χ0v) is 9.63. The molecule has 0 aliphatic heterocycles. The van der Waals surface area contributed by atoms with Crippen LogP contribution in [0.25, 0.3) is 0 Å². The summed E-state index contributed by atoms with van der Waals surface area (Å²) in [6.07, 6.45) is 4.03. The Bertz CT molecular complexity index is 483. The maximum absolute atomic E-state index is 8.94. The van der Waals surface area contributed by atoms with Crippen LogP contribution in [-0.2, 0) is 13.0 Å². The van der Waals surface area contributed by atoms with E-state index >= 15 is 0 Å². The molecule has 0 saturated heterocycles. The van der Waals surface area contributed by atoms with Crippen molar-refractivity contribution in [3.8, 4) is 11.6 Å². The van der Waals surface area contributed by atoms with E-state index in [1.807, 2.05) is 24.3 Å². The number of hydrogen-bond donors (Lipinski definition) is 1. The molecular weight excluding hydrogens is 216 g/mol. The van der Waals surface area contributed by atoms with Crippen LogP contribution in [0.3, 0.4) is 0 Å². The fourth-order valence-electron chi connectivity index (χ4n) is 1.43. The summed E-state index contributed by atoms with van der Waals surface area (Å²) in [5.41, 5.74) is 1.75. The van der Waals surface area contributed by atoms with Crippen molar-refractivity contribution in [2.75, 3.05) is 0 Å². The Hall–Kier alpha value is -1.94. The number of nitrogens with zero attached hydrogens (tertiary/aromatic N) is 2. The van der Waals surface area contributed by atoms with E-state index in [-0.39, 0.29) is 6.61 Å². The van der Waals surface area contributed by atoms with Crippen LogP contribution in [0, 0.1) is 0 Å². The smallest absolute Gasteiger partial charge is 0.238 e. The van der Waals surface area contributed by atoms with E-state index in [1.165, 1.54) is 18.0 Å². The molecule has 4 nitrogen and oxygen atoms in total. The molecule has 0 aliphatic rings. The van der Waals surface area contributed by atoms with Gasteiger partial charge in [0.05, 0.1) is 24.7 Å². The lowest BCUT2D eigenvalue weighted by Crippen LogP contribution is -1.94. The van der Waals surface area contributed by atoms with Gasteiger partial charge in [-0.2, -0.15) is 0 Å². The minimum atomic E-state index is -0.140. The Morgan fingerprint density at radius 3 is 2.59 bits per heavy atom. The van der Waals surface area contributed by atoms with Crippen molar-refractivity contribution in [3.05, 3.63) is 47.9 Å². The average Bonchev–Trinajstić information content (AvgIpc) is 2.40. The Labute approximate surface area is 99.9 Å². The van der Waals surface area contributed by atoms with Gasteiger partial charge in [-0.15, -0.1) is 0 Å². The second-order valence-electron chi connectivity index (χ2n) is 3.61. The number of hydrogen-bond acceptors (Lipinski definition) is 4. The van der Waals surface area contributed by atoms with Crippen LogP contribution < -0.4 is 4.74 Å². The summed E-state index contributed by atoms with van der Waals surface area (Å²) in [5.74, 6) is 1.10. The maximum Gasteiger partial charge on any atom is 0.238 e. The van der Waals surface area contributed by atoms with Crippen LogP contribution in [0.5, 0.6) is 11.6 Å². The summed E-state index contributed by atoms with van der Waals surface area (Å²) in [6, 6.07) is 7.82. The first-order chi connectivity index (χ1) is 8.31. The van der Waals surface area contributed by atoms with Gasteiger partial charge in [0.25, 0.3) is 0 Å². The Morgan fingerprint density at radius 2 is 1.94 bits per heavy atom. The molecule has 1 aromatic heterocycles. The average molecular weight is 230 g/mol. The molecule has 2 aromatic rings. The van der Waals surface area contributed by atoms with Crippen molar-refractivity contribution >= 4 is 0 Å². The lowest BCUT2D eigenvalue weighted by molar-refractivity contribution is 0.274. The molecule has 0 fully saturated rings. The first kappa shape index (κ1) is 11.5. The van der Waals surface area contributed by atoms with Crippen molar-refractivity contribution in [2.45, 2.75) is 20.0 Å². The molecule has 0 aliphatic carbocycles. The normalized spacial score (nSPS) is 10.2. The Balaban J connectivity index is 2.13. The van der Waals surface area contributed by atoms with Gasteiger partial charge in [-0.25, -0.2) is 4.98 Å². The number of aromatic nitrogens is 2. The first-order valence-electron chi connectivity index (χ1n) is 5.50. The summed E-state index contributed by atoms with van der Waals surface area (Å²) in [6.45, 7) is 1.96. The van der Waals surface area contributed by atoms with Gasteiger partial charge in [0.15, 0.2) is 0 Å². The van der Waals surface area contributed by atoms with E-state index in [0.29, 0.717) is 17.3 Å². The highest BCUT2D eigenvalue weighted by atomic mass is 16.5. The molecule has 0 atom stereocenters. The zero-order chi connectivity index (χ0) is 12.1. The number of rotatable bonds is 4. The molecule has 88 valence electrons. The monoisotopic (exact) mass is 230 g/mol. The molecule has 0 unspecified atom stereocenters. The lowest BCUT2D eigenvalue weighted by Gasteiger charge is -2.05. The molecule has 0 saturated carbocycles. The Kier molecular flexibility index (Phi) is 3.67. The fraction of sp³-hybridized carbons (Fsp3) is 0.231. The standard InChI is InChI=1S/C13H14N2O2/c1-2-10-3-5-12(6-4-10)17-13-8-14-7-11(9-16)15-13/h3-8,16H,2,9H2,1H3. The van der Waals surface area contributed by atoms with Crippen LogP contribution >= 0.6 is 0 Å². The highest BCUT2D eigenvalue weighted by Crippen LogP contribution is 2.19. The van der Waals surface area contributed by atoms with Crippen molar-refractivity contribution in [3.63, 3.8) is 0 Å². The largest absolute Gasteiger partial charge is 0.437 e. The minimum absolute atomic E-state index is 0.140. The molecule has 1 N–H and O–H groups in total. The van der Waals surface area contributed by atoms with Gasteiger partial charge in [0.2, 0.25) is 5.88 Å². The van der Waals surface area contributed by atoms with Crippen LogP contribution in [0.1, 0.15) is 18.2 Å². The SMILES string of the molecule is CCc1ccc(Oc2cncc(CO)n2)cc1. The van der Waals surface area contributed by atoms with Crippen LogP contribution in [0.15, 0.2) is 36.7 Å². The molecule has 17 heavy (non-hydrogen) atoms. The van der Waals surface area contributed by atoms with E-state index in [0.717, 1.165) is 6.42 Å².